The number of phenolic OH excluding ortho intramolecular Hbond substituents is 1. The lowest BCUT2D eigenvalue weighted by Crippen LogP contribution is -2.32. The van der Waals surface area contributed by atoms with Crippen molar-refractivity contribution < 1.29 is 10.2 Å². The molecule has 0 saturated heterocycles. The quantitative estimate of drug-likeness (QED) is 0.795. The van der Waals surface area contributed by atoms with Crippen LogP contribution in [-0.4, -0.2) is 22.9 Å². The highest BCUT2D eigenvalue weighted by Gasteiger charge is 2.23. The molecule has 3 heteroatoms. The fraction of sp³-hybridized carbons (Fsp3) is 0.647. The highest BCUT2D eigenvalue weighted by atomic mass is 16.3. The largest absolute Gasteiger partial charge is 0.508 e. The molecule has 2 aliphatic carbocycles. The molecule has 2 aliphatic rings. The normalized spacial score (nSPS) is 29.9. The van der Waals surface area contributed by atoms with Gasteiger partial charge in [-0.3, -0.25) is 0 Å². The summed E-state index contributed by atoms with van der Waals surface area (Å²) in [6.07, 6.45) is 7.61. The number of rotatable bonds is 3. The van der Waals surface area contributed by atoms with Crippen molar-refractivity contribution in [2.45, 2.75) is 57.1 Å². The number of nitrogens with one attached hydrogen (secondary N) is 1. The zero-order valence-electron chi connectivity index (χ0n) is 12.0. The van der Waals surface area contributed by atoms with E-state index in [0.717, 1.165) is 45.1 Å². The summed E-state index contributed by atoms with van der Waals surface area (Å²) < 4.78 is 0. The fourth-order valence-corrected chi connectivity index (χ4v) is 3.66. The SMILES string of the molecule is Oc1ccc2c(c1)C(NCC1CCC(O)CC1)CCC2. The predicted octanol–water partition coefficient (Wildman–Crippen LogP) is 2.91. The molecule has 3 rings (SSSR count). The number of fused-ring (bicyclic) bond motifs is 1. The van der Waals surface area contributed by atoms with Crippen LogP contribution in [0.15, 0.2) is 18.2 Å². The highest BCUT2D eigenvalue weighted by Crippen LogP contribution is 2.33. The van der Waals surface area contributed by atoms with Crippen molar-refractivity contribution in [1.82, 2.24) is 5.32 Å². The van der Waals surface area contributed by atoms with E-state index in [1.54, 1.807) is 6.07 Å². The number of benzene rings is 1. The van der Waals surface area contributed by atoms with E-state index in [1.807, 2.05) is 6.07 Å². The number of aromatic hydroxyl groups is 1. The number of aliphatic hydroxyl groups excluding tert-OH is 1. The Morgan fingerprint density at radius 2 is 1.90 bits per heavy atom. The molecule has 1 fully saturated rings. The fourth-order valence-electron chi connectivity index (χ4n) is 3.66. The molecule has 3 N–H and O–H groups in total. The van der Waals surface area contributed by atoms with Crippen LogP contribution in [0.25, 0.3) is 0 Å². The topological polar surface area (TPSA) is 52.5 Å². The van der Waals surface area contributed by atoms with Crippen molar-refractivity contribution in [2.75, 3.05) is 6.54 Å². The first kappa shape index (κ1) is 13.9. The molecule has 0 aliphatic heterocycles. The lowest BCUT2D eigenvalue weighted by molar-refractivity contribution is 0.107. The molecule has 0 radical (unpaired) electrons. The second kappa shape index (κ2) is 6.15. The van der Waals surface area contributed by atoms with E-state index in [1.165, 1.54) is 17.5 Å². The van der Waals surface area contributed by atoms with Crippen molar-refractivity contribution in [3.63, 3.8) is 0 Å². The predicted molar refractivity (Wildman–Crippen MR) is 79.8 cm³/mol. The van der Waals surface area contributed by atoms with Crippen LogP contribution < -0.4 is 5.32 Å². The number of aryl methyl sites for hydroxylation is 1. The molecular weight excluding hydrogens is 250 g/mol. The molecule has 1 aromatic rings. The molecule has 0 spiro atoms. The second-order valence-electron chi connectivity index (χ2n) is 6.41. The van der Waals surface area contributed by atoms with Gasteiger partial charge in [0.1, 0.15) is 5.75 Å². The van der Waals surface area contributed by atoms with Gasteiger partial charge in [-0.1, -0.05) is 6.07 Å². The van der Waals surface area contributed by atoms with Gasteiger partial charge in [0.05, 0.1) is 6.10 Å². The average molecular weight is 275 g/mol. The Hall–Kier alpha value is -1.06. The van der Waals surface area contributed by atoms with Crippen LogP contribution in [0.5, 0.6) is 5.75 Å². The molecule has 0 aromatic heterocycles. The van der Waals surface area contributed by atoms with Crippen LogP contribution in [0.4, 0.5) is 0 Å². The van der Waals surface area contributed by atoms with Gasteiger partial charge >= 0.3 is 0 Å². The van der Waals surface area contributed by atoms with Crippen molar-refractivity contribution in [3.05, 3.63) is 29.3 Å². The van der Waals surface area contributed by atoms with Gasteiger partial charge < -0.3 is 15.5 Å². The number of hydrogen-bond donors (Lipinski definition) is 3. The third-order valence-electron chi connectivity index (χ3n) is 4.91. The zero-order chi connectivity index (χ0) is 13.9. The smallest absolute Gasteiger partial charge is 0.115 e. The van der Waals surface area contributed by atoms with Gasteiger partial charge in [-0.05, 0) is 80.7 Å². The molecule has 1 atom stereocenters. The third-order valence-corrected chi connectivity index (χ3v) is 4.91. The van der Waals surface area contributed by atoms with E-state index in [9.17, 15) is 10.2 Å². The molecule has 1 aromatic carbocycles. The summed E-state index contributed by atoms with van der Waals surface area (Å²) in [7, 11) is 0. The van der Waals surface area contributed by atoms with Crippen LogP contribution in [0.3, 0.4) is 0 Å². The zero-order valence-corrected chi connectivity index (χ0v) is 12.0. The standard InChI is InChI=1S/C17H25NO2/c19-14-7-4-12(5-8-14)11-18-17-3-1-2-13-6-9-15(20)10-16(13)17/h6,9-10,12,14,17-20H,1-5,7-8,11H2. The Bertz CT molecular complexity index is 452. The van der Waals surface area contributed by atoms with Crippen LogP contribution in [0.2, 0.25) is 0 Å². The van der Waals surface area contributed by atoms with E-state index in [-0.39, 0.29) is 6.10 Å². The van der Waals surface area contributed by atoms with E-state index >= 15 is 0 Å². The molecular formula is C17H25NO2. The minimum atomic E-state index is -0.0707. The van der Waals surface area contributed by atoms with E-state index in [4.69, 9.17) is 0 Å². The summed E-state index contributed by atoms with van der Waals surface area (Å²) in [5, 5.41) is 22.9. The van der Waals surface area contributed by atoms with Crippen LogP contribution in [-0.2, 0) is 6.42 Å². The Morgan fingerprint density at radius 1 is 1.10 bits per heavy atom. The second-order valence-corrected chi connectivity index (χ2v) is 6.41. The van der Waals surface area contributed by atoms with Gasteiger partial charge in [-0.15, -0.1) is 0 Å². The maximum atomic E-state index is 9.70. The van der Waals surface area contributed by atoms with Crippen LogP contribution in [0.1, 0.15) is 55.7 Å². The molecule has 1 unspecified atom stereocenters. The van der Waals surface area contributed by atoms with Gasteiger partial charge in [0.25, 0.3) is 0 Å². The number of aliphatic hydroxyl groups is 1. The van der Waals surface area contributed by atoms with Gasteiger partial charge in [-0.2, -0.15) is 0 Å². The van der Waals surface area contributed by atoms with Crippen molar-refractivity contribution in [3.8, 4) is 5.75 Å². The van der Waals surface area contributed by atoms with Gasteiger partial charge in [0.15, 0.2) is 0 Å². The Balaban J connectivity index is 1.60. The molecule has 110 valence electrons. The first-order valence-corrected chi connectivity index (χ1v) is 7.95. The summed E-state index contributed by atoms with van der Waals surface area (Å²) in [4.78, 5) is 0. The molecule has 20 heavy (non-hydrogen) atoms. The molecule has 1 saturated carbocycles. The van der Waals surface area contributed by atoms with Crippen LogP contribution >= 0.6 is 0 Å². The monoisotopic (exact) mass is 275 g/mol. The Morgan fingerprint density at radius 3 is 2.70 bits per heavy atom. The third kappa shape index (κ3) is 3.15. The maximum absolute atomic E-state index is 9.70. The highest BCUT2D eigenvalue weighted by molar-refractivity contribution is 5.38. The molecule has 0 heterocycles. The average Bonchev–Trinajstić information content (AvgIpc) is 2.47. The first-order valence-electron chi connectivity index (χ1n) is 7.95. The van der Waals surface area contributed by atoms with Gasteiger partial charge in [0.2, 0.25) is 0 Å². The molecule has 0 bridgehead atoms. The lowest BCUT2D eigenvalue weighted by atomic mass is 9.85. The Kier molecular flexibility index (Phi) is 4.27. The number of phenols is 1. The van der Waals surface area contributed by atoms with E-state index in [2.05, 4.69) is 11.4 Å². The summed E-state index contributed by atoms with van der Waals surface area (Å²) in [6.45, 7) is 1.03. The van der Waals surface area contributed by atoms with Crippen molar-refractivity contribution in [2.24, 2.45) is 5.92 Å². The van der Waals surface area contributed by atoms with Crippen molar-refractivity contribution >= 4 is 0 Å². The minimum absolute atomic E-state index is 0.0707. The first-order chi connectivity index (χ1) is 9.72. The Labute approximate surface area is 121 Å². The van der Waals surface area contributed by atoms with E-state index in [0.29, 0.717) is 17.7 Å². The van der Waals surface area contributed by atoms with Crippen molar-refractivity contribution in [1.29, 1.82) is 0 Å². The molecule has 0 amide bonds. The van der Waals surface area contributed by atoms with Gasteiger partial charge in [-0.25, -0.2) is 0 Å². The summed E-state index contributed by atoms with van der Waals surface area (Å²) in [5.74, 6) is 1.07. The number of hydrogen-bond acceptors (Lipinski definition) is 3. The lowest BCUT2D eigenvalue weighted by Gasteiger charge is -2.30. The summed E-state index contributed by atoms with van der Waals surface area (Å²) in [6, 6.07) is 6.17. The summed E-state index contributed by atoms with van der Waals surface area (Å²) >= 11 is 0. The maximum Gasteiger partial charge on any atom is 0.115 e. The van der Waals surface area contributed by atoms with Crippen LogP contribution in [0, 0.1) is 5.92 Å². The van der Waals surface area contributed by atoms with E-state index < -0.39 is 0 Å². The minimum Gasteiger partial charge on any atom is -0.508 e. The van der Waals surface area contributed by atoms with Gasteiger partial charge in [0, 0.05) is 6.04 Å². The molecule has 3 nitrogen and oxygen atoms in total. The summed E-state index contributed by atoms with van der Waals surface area (Å²) in [5.41, 5.74) is 2.66.